The van der Waals surface area contributed by atoms with Gasteiger partial charge in [0.2, 0.25) is 0 Å². The van der Waals surface area contributed by atoms with Crippen molar-refractivity contribution in [1.82, 2.24) is 0 Å². The molecule has 0 spiro atoms. The van der Waals surface area contributed by atoms with E-state index in [4.69, 9.17) is 15.6 Å². The van der Waals surface area contributed by atoms with Gasteiger partial charge >= 0.3 is 5.97 Å². The van der Waals surface area contributed by atoms with Crippen LogP contribution < -0.4 is 10.5 Å². The van der Waals surface area contributed by atoms with Gasteiger partial charge in [-0.05, 0) is 110 Å². The van der Waals surface area contributed by atoms with Crippen LogP contribution in [0.15, 0.2) is 30.3 Å². The fourth-order valence-electron chi connectivity index (χ4n) is 1.81. The molecule has 0 aliphatic carbocycles. The third kappa shape index (κ3) is 5.06. The normalized spacial score (nSPS) is 12.0. The van der Waals surface area contributed by atoms with Crippen molar-refractivity contribution in [3.63, 3.8) is 0 Å². The van der Waals surface area contributed by atoms with Crippen LogP contribution in [0.25, 0.3) is 0 Å². The predicted molar refractivity (Wildman–Crippen MR) is 112 cm³/mol. The van der Waals surface area contributed by atoms with Crippen LogP contribution in [0.1, 0.15) is 5.56 Å². The van der Waals surface area contributed by atoms with Crippen molar-refractivity contribution >= 4 is 73.7 Å². The molecule has 5 nitrogen and oxygen atoms in total. The van der Waals surface area contributed by atoms with E-state index in [2.05, 4.69) is 45.2 Å². The highest BCUT2D eigenvalue weighted by Gasteiger charge is 2.16. The molecule has 4 N–H and O–H groups in total. The van der Waals surface area contributed by atoms with Crippen LogP contribution >= 0.6 is 67.8 Å². The number of ether oxygens (including phenoxy) is 1. The summed E-state index contributed by atoms with van der Waals surface area (Å²) in [7, 11) is 0. The fourth-order valence-corrected chi connectivity index (χ4v) is 3.59. The van der Waals surface area contributed by atoms with Crippen molar-refractivity contribution in [2.45, 2.75) is 12.5 Å². The Kier molecular flexibility index (Phi) is 6.74. The van der Waals surface area contributed by atoms with Gasteiger partial charge in [-0.25, -0.2) is 0 Å². The lowest BCUT2D eigenvalue weighted by atomic mass is 10.1. The second-order valence-corrected chi connectivity index (χ2v) is 8.22. The number of aromatic hydroxyl groups is 1. The topological polar surface area (TPSA) is 92.8 Å². The van der Waals surface area contributed by atoms with Crippen LogP contribution in [0.4, 0.5) is 0 Å². The summed E-state index contributed by atoms with van der Waals surface area (Å²) in [5, 5.41) is 18.5. The molecule has 1 atom stereocenters. The van der Waals surface area contributed by atoms with Crippen molar-refractivity contribution in [3.05, 3.63) is 46.6 Å². The third-order valence-electron chi connectivity index (χ3n) is 3.00. The highest BCUT2D eigenvalue weighted by atomic mass is 127. The molecule has 0 bridgehead atoms. The molecule has 2 rings (SSSR count). The SMILES string of the molecule is N[C@H](Cc1cc(I)c(Oc2ccc(O)c(I)c2)cc1I)C(=O)O. The maximum atomic E-state index is 10.9. The molecule has 0 amide bonds. The molecule has 8 heteroatoms. The number of nitrogens with two attached hydrogens (primary N) is 1. The predicted octanol–water partition coefficient (Wildman–Crippen LogP) is 3.95. The highest BCUT2D eigenvalue weighted by molar-refractivity contribution is 14.1. The average molecular weight is 651 g/mol. The minimum Gasteiger partial charge on any atom is -0.507 e. The van der Waals surface area contributed by atoms with E-state index in [0.717, 1.165) is 12.7 Å². The zero-order chi connectivity index (χ0) is 17.1. The van der Waals surface area contributed by atoms with E-state index in [1.807, 2.05) is 34.7 Å². The van der Waals surface area contributed by atoms with E-state index in [1.54, 1.807) is 18.2 Å². The quantitative estimate of drug-likeness (QED) is 0.427. The summed E-state index contributed by atoms with van der Waals surface area (Å²) in [6, 6.07) is 7.82. The van der Waals surface area contributed by atoms with E-state index in [0.29, 0.717) is 15.1 Å². The molecule has 122 valence electrons. The number of hydrogen-bond acceptors (Lipinski definition) is 4. The molecule has 0 saturated carbocycles. The van der Waals surface area contributed by atoms with Crippen molar-refractivity contribution in [3.8, 4) is 17.2 Å². The smallest absolute Gasteiger partial charge is 0.320 e. The van der Waals surface area contributed by atoms with Crippen LogP contribution in [0.3, 0.4) is 0 Å². The first kappa shape index (κ1) is 19.0. The number of aliphatic carboxylic acids is 1. The number of rotatable bonds is 5. The molecule has 0 heterocycles. The van der Waals surface area contributed by atoms with Gasteiger partial charge in [-0.1, -0.05) is 0 Å². The van der Waals surface area contributed by atoms with Gasteiger partial charge < -0.3 is 20.7 Å². The number of carbonyl (C=O) groups is 1. The van der Waals surface area contributed by atoms with E-state index in [-0.39, 0.29) is 12.2 Å². The van der Waals surface area contributed by atoms with E-state index < -0.39 is 12.0 Å². The molecule has 0 fully saturated rings. The summed E-state index contributed by atoms with van der Waals surface area (Å²) in [5.74, 6) is 0.482. The Hall–Kier alpha value is -0.340. The summed E-state index contributed by atoms with van der Waals surface area (Å²) in [5.41, 5.74) is 6.47. The molecule has 0 unspecified atom stereocenters. The second kappa shape index (κ2) is 8.16. The summed E-state index contributed by atoms with van der Waals surface area (Å²) in [6.45, 7) is 0. The van der Waals surface area contributed by atoms with Gasteiger partial charge in [0.15, 0.2) is 0 Å². The van der Waals surface area contributed by atoms with Crippen LogP contribution in [0.2, 0.25) is 0 Å². The number of benzene rings is 2. The Morgan fingerprint density at radius 1 is 1.13 bits per heavy atom. The summed E-state index contributed by atoms with van der Waals surface area (Å²) in [6.07, 6.45) is 0.265. The minimum atomic E-state index is -1.02. The molecule has 0 aliphatic rings. The Balaban J connectivity index is 2.25. The Bertz CT molecular complexity index is 752. The molecular formula is C15H12I3NO4. The van der Waals surface area contributed by atoms with Crippen molar-refractivity contribution in [1.29, 1.82) is 0 Å². The second-order valence-electron chi connectivity index (χ2n) is 4.74. The molecule has 0 aromatic heterocycles. The van der Waals surface area contributed by atoms with Crippen LogP contribution in [-0.2, 0) is 11.2 Å². The lowest BCUT2D eigenvalue weighted by Crippen LogP contribution is -2.32. The molecule has 0 saturated heterocycles. The molecule has 23 heavy (non-hydrogen) atoms. The molecule has 2 aromatic rings. The number of halogens is 3. The Morgan fingerprint density at radius 2 is 1.83 bits per heavy atom. The summed E-state index contributed by atoms with van der Waals surface area (Å²) < 4.78 is 8.31. The molecule has 0 radical (unpaired) electrons. The maximum absolute atomic E-state index is 10.9. The first-order valence-electron chi connectivity index (χ1n) is 6.40. The first-order valence-corrected chi connectivity index (χ1v) is 9.64. The zero-order valence-electron chi connectivity index (χ0n) is 11.6. The maximum Gasteiger partial charge on any atom is 0.320 e. The van der Waals surface area contributed by atoms with Gasteiger partial charge in [0, 0.05) is 3.57 Å². The fraction of sp³-hybridized carbons (Fsp3) is 0.133. The standard InChI is InChI=1S/C15H12I3NO4/c16-9-6-14(23-8-1-2-13(20)10(17)5-8)11(18)3-7(9)4-12(19)15(21)22/h1-3,5-6,12,20H,4,19H2,(H,21,22)/t12-/m1/s1. The monoisotopic (exact) mass is 651 g/mol. The van der Waals surface area contributed by atoms with E-state index in [9.17, 15) is 9.90 Å². The molecular weight excluding hydrogens is 639 g/mol. The lowest BCUT2D eigenvalue weighted by Gasteiger charge is -2.13. The van der Waals surface area contributed by atoms with Gasteiger partial charge in [0.25, 0.3) is 0 Å². The van der Waals surface area contributed by atoms with Gasteiger partial charge in [-0.3, -0.25) is 4.79 Å². The van der Waals surface area contributed by atoms with Crippen molar-refractivity contribution < 1.29 is 19.7 Å². The van der Waals surface area contributed by atoms with Crippen LogP contribution in [-0.4, -0.2) is 22.2 Å². The number of phenols is 1. The summed E-state index contributed by atoms with van der Waals surface area (Å²) >= 11 is 6.31. The number of hydrogen-bond donors (Lipinski definition) is 3. The minimum absolute atomic E-state index is 0.209. The van der Waals surface area contributed by atoms with Gasteiger partial charge in [-0.15, -0.1) is 0 Å². The van der Waals surface area contributed by atoms with E-state index >= 15 is 0 Å². The highest BCUT2D eigenvalue weighted by Crippen LogP contribution is 2.33. The van der Waals surface area contributed by atoms with Gasteiger partial charge in [-0.2, -0.15) is 0 Å². The van der Waals surface area contributed by atoms with Gasteiger partial charge in [0.1, 0.15) is 23.3 Å². The molecule has 2 aromatic carbocycles. The summed E-state index contributed by atoms with van der Waals surface area (Å²) in [4.78, 5) is 10.9. The van der Waals surface area contributed by atoms with Crippen LogP contribution in [0, 0.1) is 10.7 Å². The van der Waals surface area contributed by atoms with Crippen LogP contribution in [0.5, 0.6) is 17.2 Å². The number of carboxylic acid groups (broad SMARTS) is 1. The first-order chi connectivity index (χ1) is 10.8. The zero-order valence-corrected chi connectivity index (χ0v) is 18.1. The Labute approximate surface area is 174 Å². The third-order valence-corrected chi connectivity index (χ3v) is 5.72. The number of phenolic OH excluding ortho intramolecular Hbond substituents is 1. The molecule has 0 aliphatic heterocycles. The van der Waals surface area contributed by atoms with Gasteiger partial charge in [0.05, 0.1) is 7.14 Å². The van der Waals surface area contributed by atoms with E-state index in [1.165, 1.54) is 0 Å². The van der Waals surface area contributed by atoms with Crippen molar-refractivity contribution in [2.75, 3.05) is 0 Å². The average Bonchev–Trinajstić information content (AvgIpc) is 2.47. The largest absolute Gasteiger partial charge is 0.507 e. The van der Waals surface area contributed by atoms with Crippen molar-refractivity contribution in [2.24, 2.45) is 5.73 Å². The number of carboxylic acids is 1. The Morgan fingerprint density at radius 3 is 2.43 bits per heavy atom. The lowest BCUT2D eigenvalue weighted by molar-refractivity contribution is -0.138.